The number of amides is 1. The monoisotopic (exact) mass is 298 g/mol. The van der Waals surface area contributed by atoms with E-state index in [1.165, 1.54) is 0 Å². The van der Waals surface area contributed by atoms with Gasteiger partial charge in [0.25, 0.3) is 5.91 Å². The third-order valence-corrected chi connectivity index (χ3v) is 5.07. The second kappa shape index (κ2) is 5.63. The number of thioether (sulfide) groups is 1. The van der Waals surface area contributed by atoms with Crippen molar-refractivity contribution in [1.29, 1.82) is 0 Å². The topological polar surface area (TPSA) is 46.3 Å². The van der Waals surface area contributed by atoms with E-state index in [9.17, 15) is 4.79 Å². The summed E-state index contributed by atoms with van der Waals surface area (Å²) in [6.07, 6.45) is 1.01. The molecule has 0 radical (unpaired) electrons. The van der Waals surface area contributed by atoms with Crippen LogP contribution < -0.4 is 5.73 Å². The molecular weight excluding hydrogens is 280 g/mol. The molecule has 0 spiro atoms. The number of hydrogen-bond acceptors (Lipinski definition) is 3. The lowest BCUT2D eigenvalue weighted by molar-refractivity contribution is 0.0764. The smallest absolute Gasteiger partial charge is 0.253 e. The molecule has 1 fully saturated rings. The lowest BCUT2D eigenvalue weighted by Gasteiger charge is -2.23. The minimum Gasteiger partial charge on any atom is -0.398 e. The average molecular weight is 299 g/mol. The summed E-state index contributed by atoms with van der Waals surface area (Å²) < 4.78 is 0.244. The molecule has 1 aromatic rings. The number of benzene rings is 1. The van der Waals surface area contributed by atoms with Gasteiger partial charge < -0.3 is 10.6 Å². The van der Waals surface area contributed by atoms with Crippen molar-refractivity contribution in [2.24, 2.45) is 0 Å². The molecule has 3 nitrogen and oxygen atoms in total. The van der Waals surface area contributed by atoms with Crippen molar-refractivity contribution in [1.82, 2.24) is 4.90 Å². The Hall–Kier alpha value is -0.870. The van der Waals surface area contributed by atoms with E-state index >= 15 is 0 Å². The second-order valence-corrected chi connectivity index (χ2v) is 7.60. The first-order valence-corrected chi connectivity index (χ1v) is 7.74. The molecule has 1 saturated heterocycles. The summed E-state index contributed by atoms with van der Waals surface area (Å²) in [6.45, 7) is 6.03. The Morgan fingerprint density at radius 3 is 2.84 bits per heavy atom. The third kappa shape index (κ3) is 3.57. The Labute approximate surface area is 123 Å². The SMILES string of the molecule is CC1(C)CCN(C(=O)c2ccc(N)c(Cl)c2)CCS1. The third-order valence-electron chi connectivity index (χ3n) is 3.37. The van der Waals surface area contributed by atoms with Gasteiger partial charge in [0.2, 0.25) is 0 Å². The number of rotatable bonds is 1. The zero-order valence-corrected chi connectivity index (χ0v) is 12.9. The van der Waals surface area contributed by atoms with E-state index in [0.717, 1.165) is 25.3 Å². The minimum atomic E-state index is 0.0419. The van der Waals surface area contributed by atoms with Gasteiger partial charge >= 0.3 is 0 Å². The van der Waals surface area contributed by atoms with Crippen molar-refractivity contribution in [2.75, 3.05) is 24.6 Å². The van der Waals surface area contributed by atoms with E-state index < -0.39 is 0 Å². The number of carbonyl (C=O) groups excluding carboxylic acids is 1. The molecule has 19 heavy (non-hydrogen) atoms. The van der Waals surface area contributed by atoms with E-state index in [4.69, 9.17) is 17.3 Å². The lowest BCUT2D eigenvalue weighted by atomic mass is 10.1. The molecule has 0 bridgehead atoms. The molecule has 0 atom stereocenters. The fraction of sp³-hybridized carbons (Fsp3) is 0.500. The highest BCUT2D eigenvalue weighted by Gasteiger charge is 2.26. The van der Waals surface area contributed by atoms with Crippen LogP contribution in [0.2, 0.25) is 5.02 Å². The number of hydrogen-bond donors (Lipinski definition) is 1. The Balaban J connectivity index is 2.13. The van der Waals surface area contributed by atoms with E-state index in [2.05, 4.69) is 13.8 Å². The number of halogens is 1. The standard InChI is InChI=1S/C14H19ClN2OS/c1-14(2)5-6-17(7-8-19-14)13(18)10-3-4-12(16)11(15)9-10/h3-4,9H,5-8,16H2,1-2H3. The van der Waals surface area contributed by atoms with Crippen LogP contribution in [0.5, 0.6) is 0 Å². The number of anilines is 1. The van der Waals surface area contributed by atoms with E-state index in [-0.39, 0.29) is 10.7 Å². The number of nitrogens with zero attached hydrogens (tertiary/aromatic N) is 1. The highest BCUT2D eigenvalue weighted by Crippen LogP contribution is 2.31. The van der Waals surface area contributed by atoms with Gasteiger partial charge in [0.05, 0.1) is 10.7 Å². The summed E-state index contributed by atoms with van der Waals surface area (Å²) in [7, 11) is 0. The van der Waals surface area contributed by atoms with Crippen LogP contribution in [-0.4, -0.2) is 34.4 Å². The summed E-state index contributed by atoms with van der Waals surface area (Å²) in [5, 5.41) is 0.440. The van der Waals surface area contributed by atoms with Gasteiger partial charge in [0, 0.05) is 29.2 Å². The first kappa shape index (κ1) is 14.5. The molecule has 1 aliphatic heterocycles. The van der Waals surface area contributed by atoms with Crippen molar-refractivity contribution in [3.05, 3.63) is 28.8 Å². The molecule has 0 unspecified atom stereocenters. The van der Waals surface area contributed by atoms with Gasteiger partial charge in [-0.15, -0.1) is 0 Å². The van der Waals surface area contributed by atoms with Crippen molar-refractivity contribution in [3.63, 3.8) is 0 Å². The highest BCUT2D eigenvalue weighted by molar-refractivity contribution is 8.00. The first-order chi connectivity index (χ1) is 8.89. The summed E-state index contributed by atoms with van der Waals surface area (Å²) in [6, 6.07) is 5.08. The second-order valence-electron chi connectivity index (χ2n) is 5.39. The summed E-state index contributed by atoms with van der Waals surface area (Å²) >= 11 is 7.90. The molecule has 2 N–H and O–H groups in total. The Kier molecular flexibility index (Phi) is 4.31. The average Bonchev–Trinajstić information content (AvgIpc) is 2.53. The zero-order valence-electron chi connectivity index (χ0n) is 11.3. The molecule has 0 aliphatic carbocycles. The largest absolute Gasteiger partial charge is 0.398 e. The van der Waals surface area contributed by atoms with E-state index in [1.807, 2.05) is 16.7 Å². The summed E-state index contributed by atoms with van der Waals surface area (Å²) in [5.74, 6) is 1.02. The molecule has 5 heteroatoms. The van der Waals surface area contributed by atoms with Crippen molar-refractivity contribution >= 4 is 35.0 Å². The predicted octanol–water partition coefficient (Wildman–Crippen LogP) is 3.28. The van der Waals surface area contributed by atoms with Crippen LogP contribution >= 0.6 is 23.4 Å². The molecule has 2 rings (SSSR count). The van der Waals surface area contributed by atoms with Gasteiger partial charge in [0.15, 0.2) is 0 Å². The van der Waals surface area contributed by atoms with Gasteiger partial charge in [-0.25, -0.2) is 0 Å². The van der Waals surface area contributed by atoms with Crippen molar-refractivity contribution in [2.45, 2.75) is 25.0 Å². The van der Waals surface area contributed by atoms with Gasteiger partial charge in [0.1, 0.15) is 0 Å². The van der Waals surface area contributed by atoms with E-state index in [1.54, 1.807) is 18.2 Å². The van der Waals surface area contributed by atoms with Crippen LogP contribution in [0.4, 0.5) is 5.69 Å². The maximum atomic E-state index is 12.4. The fourth-order valence-electron chi connectivity index (χ4n) is 2.07. The normalized spacial score (nSPS) is 19.0. The quantitative estimate of drug-likeness (QED) is 0.809. The first-order valence-electron chi connectivity index (χ1n) is 6.37. The number of nitrogen functional groups attached to an aromatic ring is 1. The van der Waals surface area contributed by atoms with Crippen LogP contribution in [0.25, 0.3) is 0 Å². The predicted molar refractivity (Wildman–Crippen MR) is 82.9 cm³/mol. The van der Waals surface area contributed by atoms with Crippen LogP contribution in [0.15, 0.2) is 18.2 Å². The molecular formula is C14H19ClN2OS. The van der Waals surface area contributed by atoms with Gasteiger partial charge in [-0.1, -0.05) is 25.4 Å². The van der Waals surface area contributed by atoms with E-state index in [0.29, 0.717) is 16.3 Å². The molecule has 0 aromatic heterocycles. The molecule has 1 heterocycles. The van der Waals surface area contributed by atoms with Gasteiger partial charge in [-0.05, 0) is 24.6 Å². The maximum absolute atomic E-state index is 12.4. The fourth-order valence-corrected chi connectivity index (χ4v) is 3.35. The van der Waals surface area contributed by atoms with Crippen LogP contribution in [-0.2, 0) is 0 Å². The van der Waals surface area contributed by atoms with Crippen molar-refractivity contribution in [3.8, 4) is 0 Å². The Morgan fingerprint density at radius 2 is 2.16 bits per heavy atom. The van der Waals surface area contributed by atoms with Crippen LogP contribution in [0, 0.1) is 0 Å². The van der Waals surface area contributed by atoms with Crippen LogP contribution in [0.1, 0.15) is 30.6 Å². The summed E-state index contributed by atoms with van der Waals surface area (Å²) in [4.78, 5) is 14.4. The number of nitrogens with two attached hydrogens (primary N) is 1. The molecule has 1 aromatic carbocycles. The molecule has 104 valence electrons. The van der Waals surface area contributed by atoms with Crippen molar-refractivity contribution < 1.29 is 4.79 Å². The molecule has 1 amide bonds. The number of carbonyl (C=O) groups is 1. The molecule has 1 aliphatic rings. The molecule has 0 saturated carbocycles. The highest BCUT2D eigenvalue weighted by atomic mass is 35.5. The van der Waals surface area contributed by atoms with Gasteiger partial charge in [-0.2, -0.15) is 11.8 Å². The van der Waals surface area contributed by atoms with Crippen LogP contribution in [0.3, 0.4) is 0 Å². The lowest BCUT2D eigenvalue weighted by Crippen LogP contribution is -2.33. The van der Waals surface area contributed by atoms with Gasteiger partial charge in [-0.3, -0.25) is 4.79 Å². The Bertz CT molecular complexity index is 490. The zero-order chi connectivity index (χ0) is 14.0. The Morgan fingerprint density at radius 1 is 1.42 bits per heavy atom. The maximum Gasteiger partial charge on any atom is 0.253 e. The summed E-state index contributed by atoms with van der Waals surface area (Å²) in [5.41, 5.74) is 6.79. The minimum absolute atomic E-state index is 0.0419.